The van der Waals surface area contributed by atoms with Crippen LogP contribution in [-0.2, 0) is 4.79 Å². The number of hydrogen-bond acceptors (Lipinski definition) is 3. The summed E-state index contributed by atoms with van der Waals surface area (Å²) in [6.45, 7) is 5.55. The van der Waals surface area contributed by atoms with E-state index >= 15 is 0 Å². The Hall–Kier alpha value is -3.14. The van der Waals surface area contributed by atoms with E-state index in [1.54, 1.807) is 36.4 Å². The van der Waals surface area contributed by atoms with Gasteiger partial charge in [0.15, 0.2) is 5.78 Å². The fraction of sp³-hybridized carbons (Fsp3) is 0.100. The van der Waals surface area contributed by atoms with Crippen molar-refractivity contribution in [3.05, 3.63) is 78.4 Å². The van der Waals surface area contributed by atoms with Gasteiger partial charge in [-0.3, -0.25) is 9.59 Å². The third-order valence-corrected chi connectivity index (χ3v) is 3.23. The Morgan fingerprint density at radius 2 is 1.75 bits per heavy atom. The molecule has 0 fully saturated rings. The second kappa shape index (κ2) is 8.48. The fourth-order valence-electron chi connectivity index (χ4n) is 1.97. The Balaban J connectivity index is 1.92. The van der Waals surface area contributed by atoms with Crippen molar-refractivity contribution in [2.45, 2.75) is 6.92 Å². The van der Waals surface area contributed by atoms with Crippen LogP contribution in [0.4, 0.5) is 5.69 Å². The number of rotatable bonds is 7. The molecule has 2 aromatic rings. The Labute approximate surface area is 141 Å². The van der Waals surface area contributed by atoms with Crippen LogP contribution in [0, 0.1) is 0 Å². The molecular weight excluding hydrogens is 302 g/mol. The van der Waals surface area contributed by atoms with E-state index in [-0.39, 0.29) is 11.7 Å². The summed E-state index contributed by atoms with van der Waals surface area (Å²) in [6, 6.07) is 14.2. The maximum absolute atomic E-state index is 11.9. The summed E-state index contributed by atoms with van der Waals surface area (Å²) < 4.78 is 5.40. The summed E-state index contributed by atoms with van der Waals surface area (Å²) in [5.74, 6) is 0.507. The van der Waals surface area contributed by atoms with Gasteiger partial charge in [-0.2, -0.15) is 0 Å². The topological polar surface area (TPSA) is 55.4 Å². The number of nitrogens with one attached hydrogen (secondary N) is 1. The van der Waals surface area contributed by atoms with Crippen LogP contribution in [0.1, 0.15) is 22.8 Å². The smallest absolute Gasteiger partial charge is 0.248 e. The molecule has 2 aromatic carbocycles. The minimum Gasteiger partial charge on any atom is -0.490 e. The van der Waals surface area contributed by atoms with Gasteiger partial charge in [-0.05, 0) is 55.0 Å². The van der Waals surface area contributed by atoms with Crippen molar-refractivity contribution < 1.29 is 14.3 Å². The van der Waals surface area contributed by atoms with Crippen molar-refractivity contribution in [1.29, 1.82) is 0 Å². The first-order valence-corrected chi connectivity index (χ1v) is 7.52. The molecular formula is C20H19NO3. The first kappa shape index (κ1) is 17.2. The minimum atomic E-state index is -0.238. The number of ketones is 1. The van der Waals surface area contributed by atoms with Gasteiger partial charge in [-0.15, -0.1) is 0 Å². The van der Waals surface area contributed by atoms with Crippen LogP contribution in [0.25, 0.3) is 6.08 Å². The van der Waals surface area contributed by atoms with Crippen LogP contribution >= 0.6 is 0 Å². The summed E-state index contributed by atoms with van der Waals surface area (Å²) in [7, 11) is 0. The van der Waals surface area contributed by atoms with Crippen molar-refractivity contribution in [2.24, 2.45) is 0 Å². The van der Waals surface area contributed by atoms with Crippen LogP contribution in [0.5, 0.6) is 5.75 Å². The molecule has 0 aliphatic rings. The molecule has 2 rings (SSSR count). The van der Waals surface area contributed by atoms with Gasteiger partial charge in [0.2, 0.25) is 5.91 Å². The van der Waals surface area contributed by atoms with Crippen LogP contribution < -0.4 is 10.1 Å². The number of amides is 1. The lowest BCUT2D eigenvalue weighted by Gasteiger charge is -2.04. The standard InChI is InChI=1S/C20H19NO3/c1-3-14-24-19-11-4-16(5-12-19)6-13-20(23)21-18-9-7-17(8-10-18)15(2)22/h3-13H,1,14H2,2H3,(H,21,23)/b13-6+. The molecule has 0 radical (unpaired) electrons. The van der Waals surface area contributed by atoms with Crippen molar-refractivity contribution in [3.8, 4) is 5.75 Å². The zero-order valence-corrected chi connectivity index (χ0v) is 13.5. The summed E-state index contributed by atoms with van der Waals surface area (Å²) in [5, 5.41) is 2.74. The number of anilines is 1. The molecule has 0 bridgehead atoms. The first-order valence-electron chi connectivity index (χ1n) is 7.52. The SMILES string of the molecule is C=CCOc1ccc(/C=C/C(=O)Nc2ccc(C(C)=O)cc2)cc1. The van der Waals surface area contributed by atoms with Crippen molar-refractivity contribution in [3.63, 3.8) is 0 Å². The lowest BCUT2D eigenvalue weighted by atomic mass is 10.1. The minimum absolute atomic E-state index is 0.00621. The average Bonchev–Trinajstić information content (AvgIpc) is 2.59. The zero-order valence-electron chi connectivity index (χ0n) is 13.5. The van der Waals surface area contributed by atoms with E-state index in [0.29, 0.717) is 17.9 Å². The summed E-state index contributed by atoms with van der Waals surface area (Å²) in [5.41, 5.74) is 2.15. The second-order valence-electron chi connectivity index (χ2n) is 5.12. The highest BCUT2D eigenvalue weighted by Gasteiger charge is 2.01. The number of carbonyl (C=O) groups excluding carboxylic acids is 2. The summed E-state index contributed by atoms with van der Waals surface area (Å²) in [4.78, 5) is 23.1. The number of carbonyl (C=O) groups is 2. The molecule has 4 heteroatoms. The van der Waals surface area contributed by atoms with E-state index in [1.807, 2.05) is 24.3 Å². The molecule has 0 unspecified atom stereocenters. The van der Waals surface area contributed by atoms with Crippen molar-refractivity contribution in [1.82, 2.24) is 0 Å². The zero-order chi connectivity index (χ0) is 17.4. The van der Waals surface area contributed by atoms with Crippen LogP contribution in [-0.4, -0.2) is 18.3 Å². The van der Waals surface area contributed by atoms with Crippen LogP contribution in [0.15, 0.2) is 67.3 Å². The van der Waals surface area contributed by atoms with Crippen LogP contribution in [0.2, 0.25) is 0 Å². The highest BCUT2D eigenvalue weighted by molar-refractivity contribution is 6.02. The van der Waals surface area contributed by atoms with Gasteiger partial charge < -0.3 is 10.1 Å². The van der Waals surface area contributed by atoms with Gasteiger partial charge in [0.25, 0.3) is 0 Å². The number of Topliss-reactive ketones (excluding diaryl/α,β-unsaturated/α-hetero) is 1. The third-order valence-electron chi connectivity index (χ3n) is 3.23. The lowest BCUT2D eigenvalue weighted by Crippen LogP contribution is -2.07. The van der Waals surface area contributed by atoms with Gasteiger partial charge in [0.1, 0.15) is 12.4 Å². The van der Waals surface area contributed by atoms with E-state index < -0.39 is 0 Å². The van der Waals surface area contributed by atoms with Crippen molar-refractivity contribution >= 4 is 23.5 Å². The normalized spacial score (nSPS) is 10.4. The van der Waals surface area contributed by atoms with Crippen molar-refractivity contribution in [2.75, 3.05) is 11.9 Å². The fourth-order valence-corrected chi connectivity index (χ4v) is 1.97. The predicted octanol–water partition coefficient (Wildman–Crippen LogP) is 4.11. The average molecular weight is 321 g/mol. The molecule has 24 heavy (non-hydrogen) atoms. The molecule has 0 heterocycles. The lowest BCUT2D eigenvalue weighted by molar-refractivity contribution is -0.111. The maximum atomic E-state index is 11.9. The van der Waals surface area contributed by atoms with E-state index in [4.69, 9.17) is 4.74 Å². The predicted molar refractivity (Wildman–Crippen MR) is 96.2 cm³/mol. The molecule has 0 aliphatic carbocycles. The molecule has 1 amide bonds. The van der Waals surface area contributed by atoms with Gasteiger partial charge in [-0.25, -0.2) is 0 Å². The summed E-state index contributed by atoms with van der Waals surface area (Å²) >= 11 is 0. The Morgan fingerprint density at radius 1 is 1.08 bits per heavy atom. The number of ether oxygens (including phenoxy) is 1. The number of benzene rings is 2. The highest BCUT2D eigenvalue weighted by atomic mass is 16.5. The first-order chi connectivity index (χ1) is 11.6. The van der Waals surface area contributed by atoms with E-state index in [2.05, 4.69) is 11.9 Å². The summed E-state index contributed by atoms with van der Waals surface area (Å²) in [6.07, 6.45) is 4.86. The van der Waals surface area contributed by atoms with E-state index in [1.165, 1.54) is 13.0 Å². The van der Waals surface area contributed by atoms with E-state index in [0.717, 1.165) is 11.3 Å². The maximum Gasteiger partial charge on any atom is 0.248 e. The van der Waals surface area contributed by atoms with Gasteiger partial charge in [0, 0.05) is 17.3 Å². The second-order valence-corrected chi connectivity index (χ2v) is 5.12. The molecule has 122 valence electrons. The Morgan fingerprint density at radius 3 is 2.33 bits per heavy atom. The molecule has 0 aromatic heterocycles. The monoisotopic (exact) mass is 321 g/mol. The van der Waals surface area contributed by atoms with Gasteiger partial charge in [-0.1, -0.05) is 24.8 Å². The molecule has 0 saturated carbocycles. The van der Waals surface area contributed by atoms with Gasteiger partial charge in [0.05, 0.1) is 0 Å². The molecule has 0 aliphatic heterocycles. The molecule has 4 nitrogen and oxygen atoms in total. The Bertz CT molecular complexity index is 743. The third kappa shape index (κ3) is 5.25. The molecule has 0 saturated heterocycles. The quantitative estimate of drug-likeness (QED) is 0.474. The number of hydrogen-bond donors (Lipinski definition) is 1. The Kier molecular flexibility index (Phi) is 6.08. The molecule has 0 atom stereocenters. The van der Waals surface area contributed by atoms with E-state index in [9.17, 15) is 9.59 Å². The highest BCUT2D eigenvalue weighted by Crippen LogP contribution is 2.14. The van der Waals surface area contributed by atoms with Gasteiger partial charge >= 0.3 is 0 Å². The molecule has 0 spiro atoms. The van der Waals surface area contributed by atoms with Crippen LogP contribution in [0.3, 0.4) is 0 Å². The molecule has 1 N–H and O–H groups in total. The largest absolute Gasteiger partial charge is 0.490 e.